The van der Waals surface area contributed by atoms with Crippen molar-refractivity contribution in [3.8, 4) is 0 Å². The molecule has 0 unspecified atom stereocenters. The Bertz CT molecular complexity index is 281. The molecule has 1 saturated heterocycles. The van der Waals surface area contributed by atoms with Gasteiger partial charge in [-0.05, 0) is 33.1 Å². The first-order valence-electron chi connectivity index (χ1n) is 6.57. The average molecular weight is 240 g/mol. The molecule has 1 rings (SSSR count). The molecule has 1 N–H and O–H groups in total. The summed E-state index contributed by atoms with van der Waals surface area (Å²) >= 11 is 0. The number of hydrogen-bond donors (Lipinski definition) is 1. The van der Waals surface area contributed by atoms with Gasteiger partial charge in [0.1, 0.15) is 5.41 Å². The van der Waals surface area contributed by atoms with Crippen LogP contribution in [-0.2, 0) is 9.59 Å². The second-order valence-electron chi connectivity index (χ2n) is 5.23. The molecule has 98 valence electrons. The molecule has 0 aromatic rings. The number of amides is 2. The van der Waals surface area contributed by atoms with Gasteiger partial charge in [0.2, 0.25) is 11.8 Å². The number of likely N-dealkylation sites (tertiary alicyclic amines) is 1. The van der Waals surface area contributed by atoms with Crippen LogP contribution in [0.3, 0.4) is 0 Å². The van der Waals surface area contributed by atoms with Gasteiger partial charge in [-0.2, -0.15) is 0 Å². The summed E-state index contributed by atoms with van der Waals surface area (Å²) in [4.78, 5) is 26.0. The van der Waals surface area contributed by atoms with E-state index in [4.69, 9.17) is 0 Å². The maximum atomic E-state index is 12.2. The van der Waals surface area contributed by atoms with E-state index in [0.29, 0.717) is 6.54 Å². The lowest BCUT2D eigenvalue weighted by Gasteiger charge is -2.28. The van der Waals surface area contributed by atoms with Gasteiger partial charge < -0.3 is 10.2 Å². The van der Waals surface area contributed by atoms with Crippen molar-refractivity contribution in [2.24, 2.45) is 5.41 Å². The van der Waals surface area contributed by atoms with Crippen LogP contribution in [0.5, 0.6) is 0 Å². The van der Waals surface area contributed by atoms with E-state index < -0.39 is 5.41 Å². The van der Waals surface area contributed by atoms with Crippen LogP contribution in [0.4, 0.5) is 0 Å². The fraction of sp³-hybridized carbons (Fsp3) is 0.846. The van der Waals surface area contributed by atoms with Gasteiger partial charge in [0.25, 0.3) is 0 Å². The van der Waals surface area contributed by atoms with Crippen molar-refractivity contribution in [3.05, 3.63) is 0 Å². The van der Waals surface area contributed by atoms with E-state index in [1.807, 2.05) is 0 Å². The van der Waals surface area contributed by atoms with Gasteiger partial charge in [0.15, 0.2) is 0 Å². The minimum Gasteiger partial charge on any atom is -0.355 e. The highest BCUT2D eigenvalue weighted by molar-refractivity contribution is 6.04. The molecule has 1 heterocycles. The van der Waals surface area contributed by atoms with E-state index in [9.17, 15) is 9.59 Å². The molecule has 0 spiro atoms. The van der Waals surface area contributed by atoms with Crippen LogP contribution in [-0.4, -0.2) is 36.3 Å². The maximum absolute atomic E-state index is 12.2. The van der Waals surface area contributed by atoms with Crippen molar-refractivity contribution in [2.45, 2.75) is 46.5 Å². The molecule has 0 aromatic heterocycles. The SMILES string of the molecule is CCCCNC(=O)C(C)(C)C(=O)N1CCCC1. The predicted molar refractivity (Wildman–Crippen MR) is 67.5 cm³/mol. The Kier molecular flexibility index (Phi) is 4.97. The first-order chi connectivity index (χ1) is 8.00. The summed E-state index contributed by atoms with van der Waals surface area (Å²) in [7, 11) is 0. The van der Waals surface area contributed by atoms with Gasteiger partial charge in [-0.15, -0.1) is 0 Å². The second kappa shape index (κ2) is 6.03. The third kappa shape index (κ3) is 3.45. The fourth-order valence-corrected chi connectivity index (χ4v) is 2.01. The summed E-state index contributed by atoms with van der Waals surface area (Å²) in [6.45, 7) is 7.76. The number of rotatable bonds is 5. The molecule has 0 aliphatic carbocycles. The second-order valence-corrected chi connectivity index (χ2v) is 5.23. The Morgan fingerprint density at radius 3 is 2.35 bits per heavy atom. The van der Waals surface area contributed by atoms with E-state index >= 15 is 0 Å². The number of carbonyl (C=O) groups excluding carboxylic acids is 2. The van der Waals surface area contributed by atoms with Crippen molar-refractivity contribution in [1.29, 1.82) is 0 Å². The van der Waals surface area contributed by atoms with Crippen molar-refractivity contribution in [1.82, 2.24) is 10.2 Å². The van der Waals surface area contributed by atoms with Gasteiger partial charge in [0.05, 0.1) is 0 Å². The van der Waals surface area contributed by atoms with Gasteiger partial charge in [-0.25, -0.2) is 0 Å². The van der Waals surface area contributed by atoms with Crippen molar-refractivity contribution in [3.63, 3.8) is 0 Å². The summed E-state index contributed by atoms with van der Waals surface area (Å²) in [6, 6.07) is 0. The van der Waals surface area contributed by atoms with E-state index in [-0.39, 0.29) is 11.8 Å². The van der Waals surface area contributed by atoms with Crippen LogP contribution in [0.1, 0.15) is 46.5 Å². The molecular weight excluding hydrogens is 216 g/mol. The molecule has 17 heavy (non-hydrogen) atoms. The Hall–Kier alpha value is -1.06. The quantitative estimate of drug-likeness (QED) is 0.585. The molecule has 0 aromatic carbocycles. The van der Waals surface area contributed by atoms with E-state index in [1.54, 1.807) is 18.7 Å². The number of carbonyl (C=O) groups is 2. The van der Waals surface area contributed by atoms with Crippen molar-refractivity contribution in [2.75, 3.05) is 19.6 Å². The standard InChI is InChI=1S/C13H24N2O2/c1-4-5-8-14-11(16)13(2,3)12(17)15-9-6-7-10-15/h4-10H2,1-3H3,(H,14,16). The largest absolute Gasteiger partial charge is 0.355 e. The predicted octanol–water partition coefficient (Wildman–Crippen LogP) is 1.55. The zero-order chi connectivity index (χ0) is 12.9. The molecule has 0 saturated carbocycles. The molecule has 4 nitrogen and oxygen atoms in total. The molecule has 1 fully saturated rings. The fourth-order valence-electron chi connectivity index (χ4n) is 2.01. The Labute approximate surface area is 104 Å². The Morgan fingerprint density at radius 2 is 1.82 bits per heavy atom. The topological polar surface area (TPSA) is 49.4 Å². The van der Waals surface area contributed by atoms with Crippen LogP contribution >= 0.6 is 0 Å². The normalized spacial score (nSPS) is 16.1. The number of hydrogen-bond acceptors (Lipinski definition) is 2. The molecule has 0 atom stereocenters. The molecule has 4 heteroatoms. The highest BCUT2D eigenvalue weighted by Gasteiger charge is 2.39. The van der Waals surface area contributed by atoms with E-state index in [2.05, 4.69) is 12.2 Å². The van der Waals surface area contributed by atoms with Crippen LogP contribution in [0.15, 0.2) is 0 Å². The minimum atomic E-state index is -0.932. The lowest BCUT2D eigenvalue weighted by Crippen LogP contribution is -2.48. The van der Waals surface area contributed by atoms with Crippen LogP contribution < -0.4 is 5.32 Å². The maximum Gasteiger partial charge on any atom is 0.237 e. The van der Waals surface area contributed by atoms with Gasteiger partial charge >= 0.3 is 0 Å². The number of nitrogens with one attached hydrogen (secondary N) is 1. The first-order valence-corrected chi connectivity index (χ1v) is 6.57. The Morgan fingerprint density at radius 1 is 1.24 bits per heavy atom. The lowest BCUT2D eigenvalue weighted by molar-refractivity contribution is -0.147. The average Bonchev–Trinajstić information content (AvgIpc) is 2.81. The van der Waals surface area contributed by atoms with Gasteiger partial charge in [-0.1, -0.05) is 13.3 Å². The summed E-state index contributed by atoms with van der Waals surface area (Å²) in [6.07, 6.45) is 4.11. The number of unbranched alkanes of at least 4 members (excludes halogenated alkanes) is 1. The minimum absolute atomic E-state index is 0.0380. The highest BCUT2D eigenvalue weighted by Crippen LogP contribution is 2.22. The molecule has 0 radical (unpaired) electrons. The lowest BCUT2D eigenvalue weighted by atomic mass is 9.90. The summed E-state index contributed by atoms with van der Waals surface area (Å²) in [5.74, 6) is -0.188. The molecule has 0 bridgehead atoms. The zero-order valence-electron chi connectivity index (χ0n) is 11.2. The van der Waals surface area contributed by atoms with Crippen LogP contribution in [0.25, 0.3) is 0 Å². The first kappa shape index (κ1) is 14.0. The van der Waals surface area contributed by atoms with Crippen LogP contribution in [0.2, 0.25) is 0 Å². The summed E-state index contributed by atoms with van der Waals surface area (Å²) < 4.78 is 0. The Balaban J connectivity index is 2.52. The highest BCUT2D eigenvalue weighted by atomic mass is 16.2. The molecule has 1 aliphatic rings. The monoisotopic (exact) mass is 240 g/mol. The van der Waals surface area contributed by atoms with Gasteiger partial charge in [0, 0.05) is 19.6 Å². The van der Waals surface area contributed by atoms with E-state index in [0.717, 1.165) is 38.8 Å². The molecule has 1 aliphatic heterocycles. The third-order valence-electron chi connectivity index (χ3n) is 3.31. The van der Waals surface area contributed by atoms with Crippen LogP contribution in [0, 0.1) is 5.41 Å². The van der Waals surface area contributed by atoms with E-state index in [1.165, 1.54) is 0 Å². The zero-order valence-corrected chi connectivity index (χ0v) is 11.2. The summed E-state index contributed by atoms with van der Waals surface area (Å²) in [5, 5.41) is 2.84. The third-order valence-corrected chi connectivity index (χ3v) is 3.31. The molecule has 2 amide bonds. The van der Waals surface area contributed by atoms with Gasteiger partial charge in [-0.3, -0.25) is 9.59 Å². The molecular formula is C13H24N2O2. The number of nitrogens with zero attached hydrogens (tertiary/aromatic N) is 1. The van der Waals surface area contributed by atoms with Crippen molar-refractivity contribution >= 4 is 11.8 Å². The smallest absolute Gasteiger partial charge is 0.237 e. The summed E-state index contributed by atoms with van der Waals surface area (Å²) in [5.41, 5.74) is -0.932. The van der Waals surface area contributed by atoms with Crippen molar-refractivity contribution < 1.29 is 9.59 Å².